The zero-order valence-electron chi connectivity index (χ0n) is 11.8. The van der Waals surface area contributed by atoms with E-state index in [0.29, 0.717) is 17.4 Å². The van der Waals surface area contributed by atoms with Crippen LogP contribution in [0, 0.1) is 0 Å². The van der Waals surface area contributed by atoms with Gasteiger partial charge in [0.1, 0.15) is 10.8 Å². The standard InChI is InChI=1S/C13H13F3N4OS2/c14-13(15,16)8-7-20(3-4-21-8)9-6-10(19-12(17)18-9)23-11-2-1-5-22-11/h1-2,5-6,8H,3-4,7H2,(H2,17,18,19)/t8-/m1/s1. The smallest absolute Gasteiger partial charge is 0.368 e. The summed E-state index contributed by atoms with van der Waals surface area (Å²) in [6.45, 7) is 0.0106. The summed E-state index contributed by atoms with van der Waals surface area (Å²) in [4.78, 5) is 9.72. The first-order chi connectivity index (χ1) is 10.9. The van der Waals surface area contributed by atoms with Gasteiger partial charge in [-0.25, -0.2) is 4.98 Å². The molecule has 0 radical (unpaired) electrons. The van der Waals surface area contributed by atoms with E-state index in [1.54, 1.807) is 17.4 Å². The van der Waals surface area contributed by atoms with E-state index in [0.717, 1.165) is 4.21 Å². The molecular formula is C13H13F3N4OS2. The van der Waals surface area contributed by atoms with Crippen molar-refractivity contribution in [3.05, 3.63) is 23.6 Å². The highest BCUT2D eigenvalue weighted by molar-refractivity contribution is 8.01. The Morgan fingerprint density at radius 1 is 1.39 bits per heavy atom. The number of hydrogen-bond acceptors (Lipinski definition) is 7. The van der Waals surface area contributed by atoms with Gasteiger partial charge in [0.25, 0.3) is 0 Å². The minimum atomic E-state index is -4.40. The number of hydrogen-bond donors (Lipinski definition) is 1. The van der Waals surface area contributed by atoms with E-state index in [1.165, 1.54) is 16.7 Å². The predicted molar refractivity (Wildman–Crippen MR) is 82.9 cm³/mol. The Morgan fingerprint density at radius 2 is 2.22 bits per heavy atom. The summed E-state index contributed by atoms with van der Waals surface area (Å²) in [6.07, 6.45) is -6.22. The van der Waals surface area contributed by atoms with E-state index < -0.39 is 12.3 Å². The van der Waals surface area contributed by atoms with Crippen LogP contribution in [0.2, 0.25) is 0 Å². The maximum atomic E-state index is 12.8. The van der Waals surface area contributed by atoms with E-state index in [2.05, 4.69) is 9.97 Å². The summed E-state index contributed by atoms with van der Waals surface area (Å²) < 4.78 is 44.3. The fourth-order valence-corrected chi connectivity index (χ4v) is 3.84. The first kappa shape index (κ1) is 16.3. The Hall–Kier alpha value is -1.52. The molecule has 10 heteroatoms. The summed E-state index contributed by atoms with van der Waals surface area (Å²) in [5, 5.41) is 2.54. The molecule has 23 heavy (non-hydrogen) atoms. The third kappa shape index (κ3) is 4.06. The van der Waals surface area contributed by atoms with Crippen LogP contribution in [0.25, 0.3) is 0 Å². The van der Waals surface area contributed by atoms with Crippen LogP contribution in [0.1, 0.15) is 0 Å². The van der Waals surface area contributed by atoms with Crippen molar-refractivity contribution in [1.29, 1.82) is 0 Å². The molecule has 124 valence electrons. The van der Waals surface area contributed by atoms with Gasteiger partial charge in [0.05, 0.1) is 17.4 Å². The van der Waals surface area contributed by atoms with E-state index in [9.17, 15) is 13.2 Å². The molecule has 0 saturated carbocycles. The monoisotopic (exact) mass is 362 g/mol. The maximum Gasteiger partial charge on any atom is 0.416 e. The van der Waals surface area contributed by atoms with Crippen molar-refractivity contribution >= 4 is 34.9 Å². The minimum Gasteiger partial charge on any atom is -0.368 e. The Kier molecular flexibility index (Phi) is 4.64. The molecule has 1 aliphatic rings. The Morgan fingerprint density at radius 3 is 2.91 bits per heavy atom. The number of nitrogens with two attached hydrogens (primary N) is 1. The topological polar surface area (TPSA) is 64.3 Å². The molecule has 5 nitrogen and oxygen atoms in total. The van der Waals surface area contributed by atoms with Crippen molar-refractivity contribution in [1.82, 2.24) is 9.97 Å². The van der Waals surface area contributed by atoms with E-state index >= 15 is 0 Å². The largest absolute Gasteiger partial charge is 0.416 e. The molecule has 0 aliphatic carbocycles. The van der Waals surface area contributed by atoms with Crippen LogP contribution in [0.5, 0.6) is 0 Å². The number of morpholine rings is 1. The van der Waals surface area contributed by atoms with Crippen LogP contribution in [-0.2, 0) is 4.74 Å². The van der Waals surface area contributed by atoms with Crippen molar-refractivity contribution in [3.8, 4) is 0 Å². The lowest BCUT2D eigenvalue weighted by atomic mass is 10.2. The van der Waals surface area contributed by atoms with Gasteiger partial charge < -0.3 is 15.4 Å². The van der Waals surface area contributed by atoms with Gasteiger partial charge in [-0.15, -0.1) is 11.3 Å². The minimum absolute atomic E-state index is 0.0124. The average Bonchev–Trinajstić information content (AvgIpc) is 2.99. The lowest BCUT2D eigenvalue weighted by molar-refractivity contribution is -0.221. The van der Waals surface area contributed by atoms with Crippen LogP contribution < -0.4 is 10.6 Å². The Bertz CT molecular complexity index is 666. The molecule has 2 N–H and O–H groups in total. The Balaban J connectivity index is 1.80. The average molecular weight is 362 g/mol. The predicted octanol–water partition coefficient (Wildman–Crippen LogP) is 3.04. The molecule has 1 saturated heterocycles. The van der Waals surface area contributed by atoms with Crippen molar-refractivity contribution in [3.63, 3.8) is 0 Å². The highest BCUT2D eigenvalue weighted by Crippen LogP contribution is 2.33. The number of ether oxygens (including phenoxy) is 1. The number of halogens is 3. The first-order valence-electron chi connectivity index (χ1n) is 6.71. The fourth-order valence-electron chi connectivity index (χ4n) is 2.12. The lowest BCUT2D eigenvalue weighted by Gasteiger charge is -2.34. The van der Waals surface area contributed by atoms with Crippen molar-refractivity contribution in [2.75, 3.05) is 30.3 Å². The number of thiophene rings is 1. The zero-order chi connectivity index (χ0) is 16.4. The van der Waals surface area contributed by atoms with Gasteiger partial charge in [-0.3, -0.25) is 0 Å². The first-order valence-corrected chi connectivity index (χ1v) is 8.40. The normalized spacial score (nSPS) is 19.1. The Labute approximate surface area is 138 Å². The summed E-state index contributed by atoms with van der Waals surface area (Å²) in [7, 11) is 0. The molecule has 1 fully saturated rings. The third-order valence-corrected chi connectivity index (χ3v) is 5.12. The van der Waals surface area contributed by atoms with Gasteiger partial charge in [-0.1, -0.05) is 17.8 Å². The van der Waals surface area contributed by atoms with Gasteiger partial charge in [0, 0.05) is 12.6 Å². The molecule has 0 amide bonds. The van der Waals surface area contributed by atoms with Gasteiger partial charge >= 0.3 is 6.18 Å². The second-order valence-corrected chi connectivity index (χ2v) is 7.07. The second kappa shape index (κ2) is 6.54. The highest BCUT2D eigenvalue weighted by Gasteiger charge is 2.43. The molecule has 0 aromatic carbocycles. The maximum absolute atomic E-state index is 12.8. The third-order valence-electron chi connectivity index (χ3n) is 3.16. The summed E-state index contributed by atoms with van der Waals surface area (Å²) in [6, 6.07) is 5.50. The van der Waals surface area contributed by atoms with E-state index in [-0.39, 0.29) is 19.1 Å². The molecule has 0 spiro atoms. The summed E-state index contributed by atoms with van der Waals surface area (Å²) in [5.41, 5.74) is 5.70. The molecule has 2 aromatic rings. The van der Waals surface area contributed by atoms with E-state index in [4.69, 9.17) is 10.5 Å². The molecule has 2 aromatic heterocycles. The molecule has 1 atom stereocenters. The summed E-state index contributed by atoms with van der Waals surface area (Å²) in [5.74, 6) is 0.422. The van der Waals surface area contributed by atoms with Crippen molar-refractivity contribution < 1.29 is 17.9 Å². The fraction of sp³-hybridized carbons (Fsp3) is 0.385. The molecule has 0 unspecified atom stereocenters. The van der Waals surface area contributed by atoms with Crippen LogP contribution in [0.15, 0.2) is 32.8 Å². The van der Waals surface area contributed by atoms with Gasteiger partial charge in [-0.2, -0.15) is 18.2 Å². The SMILES string of the molecule is Nc1nc(Sc2cccs2)cc(N2CCO[C@@H](C(F)(F)F)C2)n1. The molecule has 3 rings (SSSR count). The van der Waals surface area contributed by atoms with Crippen LogP contribution in [0.3, 0.4) is 0 Å². The summed E-state index contributed by atoms with van der Waals surface area (Å²) >= 11 is 2.95. The van der Waals surface area contributed by atoms with Crippen LogP contribution in [0.4, 0.5) is 24.9 Å². The van der Waals surface area contributed by atoms with Crippen molar-refractivity contribution in [2.24, 2.45) is 0 Å². The lowest BCUT2D eigenvalue weighted by Crippen LogP contribution is -2.49. The number of nitrogen functional groups attached to an aromatic ring is 1. The van der Waals surface area contributed by atoms with E-state index in [1.807, 2.05) is 17.5 Å². The number of nitrogens with zero attached hydrogens (tertiary/aromatic N) is 3. The number of alkyl halides is 3. The highest BCUT2D eigenvalue weighted by atomic mass is 32.2. The molecule has 1 aliphatic heterocycles. The number of rotatable bonds is 3. The van der Waals surface area contributed by atoms with Gasteiger partial charge in [-0.05, 0) is 11.4 Å². The van der Waals surface area contributed by atoms with Crippen LogP contribution in [-0.4, -0.2) is 41.9 Å². The van der Waals surface area contributed by atoms with Gasteiger partial charge in [0.2, 0.25) is 5.95 Å². The number of anilines is 2. The van der Waals surface area contributed by atoms with Crippen LogP contribution >= 0.6 is 23.1 Å². The number of aromatic nitrogens is 2. The molecule has 3 heterocycles. The molecular weight excluding hydrogens is 349 g/mol. The quantitative estimate of drug-likeness (QED) is 0.847. The van der Waals surface area contributed by atoms with Gasteiger partial charge in [0.15, 0.2) is 6.10 Å². The molecule has 0 bridgehead atoms. The second-order valence-electron chi connectivity index (χ2n) is 4.80. The van der Waals surface area contributed by atoms with Crippen molar-refractivity contribution in [2.45, 2.75) is 21.5 Å². The zero-order valence-corrected chi connectivity index (χ0v) is 13.4.